The SMILES string of the molecule is CNC1(c2ccc(F)c(F)c2)CCCCC1.Cl. The Hall–Kier alpha value is -0.670. The fourth-order valence-corrected chi connectivity index (χ4v) is 2.63. The van der Waals surface area contributed by atoms with E-state index in [0.29, 0.717) is 0 Å². The normalized spacial score (nSPS) is 18.5. The molecule has 0 heterocycles. The Kier molecular flexibility index (Phi) is 4.90. The summed E-state index contributed by atoms with van der Waals surface area (Å²) in [4.78, 5) is 0. The van der Waals surface area contributed by atoms with Gasteiger partial charge in [-0.05, 0) is 37.6 Å². The van der Waals surface area contributed by atoms with Crippen LogP contribution in [0.2, 0.25) is 0 Å². The van der Waals surface area contributed by atoms with Gasteiger partial charge in [0, 0.05) is 5.54 Å². The molecule has 1 aromatic rings. The summed E-state index contributed by atoms with van der Waals surface area (Å²) in [5.41, 5.74) is 0.709. The summed E-state index contributed by atoms with van der Waals surface area (Å²) < 4.78 is 26.1. The van der Waals surface area contributed by atoms with Crippen molar-refractivity contribution < 1.29 is 8.78 Å². The zero-order chi connectivity index (χ0) is 11.6. The third kappa shape index (κ3) is 2.78. The standard InChI is InChI=1S/C13H17F2N.ClH/c1-16-13(7-3-2-4-8-13)10-5-6-11(14)12(15)9-10;/h5-6,9,16H,2-4,7-8H2,1H3;1H. The monoisotopic (exact) mass is 261 g/mol. The van der Waals surface area contributed by atoms with E-state index >= 15 is 0 Å². The number of halogens is 3. The lowest BCUT2D eigenvalue weighted by molar-refractivity contribution is 0.249. The highest BCUT2D eigenvalue weighted by Crippen LogP contribution is 2.37. The van der Waals surface area contributed by atoms with E-state index in [1.54, 1.807) is 6.07 Å². The van der Waals surface area contributed by atoms with Gasteiger partial charge in [0.2, 0.25) is 0 Å². The van der Waals surface area contributed by atoms with E-state index < -0.39 is 11.6 Å². The minimum Gasteiger partial charge on any atom is -0.310 e. The fraction of sp³-hybridized carbons (Fsp3) is 0.538. The lowest BCUT2D eigenvalue weighted by Crippen LogP contribution is -2.41. The molecule has 96 valence electrons. The molecule has 0 spiro atoms. The second kappa shape index (κ2) is 5.78. The van der Waals surface area contributed by atoms with Gasteiger partial charge in [-0.3, -0.25) is 0 Å². The van der Waals surface area contributed by atoms with Gasteiger partial charge < -0.3 is 5.32 Å². The molecule has 17 heavy (non-hydrogen) atoms. The summed E-state index contributed by atoms with van der Waals surface area (Å²) >= 11 is 0. The van der Waals surface area contributed by atoms with Crippen molar-refractivity contribution in [1.29, 1.82) is 0 Å². The Labute approximate surface area is 107 Å². The zero-order valence-corrected chi connectivity index (χ0v) is 10.7. The molecule has 4 heteroatoms. The number of benzene rings is 1. The first kappa shape index (κ1) is 14.4. The minimum absolute atomic E-state index is 0. The molecule has 0 radical (unpaired) electrons. The van der Waals surface area contributed by atoms with Crippen molar-refractivity contribution in [2.24, 2.45) is 0 Å². The van der Waals surface area contributed by atoms with Gasteiger partial charge in [0.1, 0.15) is 0 Å². The molecule has 1 aliphatic rings. The van der Waals surface area contributed by atoms with Crippen molar-refractivity contribution in [1.82, 2.24) is 5.32 Å². The van der Waals surface area contributed by atoms with Crippen LogP contribution in [-0.2, 0) is 5.54 Å². The van der Waals surface area contributed by atoms with Crippen LogP contribution in [0.4, 0.5) is 8.78 Å². The van der Waals surface area contributed by atoms with Crippen LogP contribution in [0.15, 0.2) is 18.2 Å². The molecule has 1 fully saturated rings. The van der Waals surface area contributed by atoms with Crippen LogP contribution in [0.3, 0.4) is 0 Å². The summed E-state index contributed by atoms with van der Waals surface area (Å²) in [7, 11) is 1.90. The van der Waals surface area contributed by atoms with Crippen molar-refractivity contribution in [3.63, 3.8) is 0 Å². The predicted octanol–water partition coefficient (Wildman–Crippen LogP) is 3.77. The van der Waals surface area contributed by atoms with E-state index in [2.05, 4.69) is 5.32 Å². The second-order valence-corrected chi connectivity index (χ2v) is 4.52. The molecular weight excluding hydrogens is 244 g/mol. The summed E-state index contributed by atoms with van der Waals surface area (Å²) in [6, 6.07) is 4.25. The van der Waals surface area contributed by atoms with Crippen LogP contribution >= 0.6 is 12.4 Å². The summed E-state index contributed by atoms with van der Waals surface area (Å²) in [5, 5.41) is 3.29. The van der Waals surface area contributed by atoms with Gasteiger partial charge in [-0.25, -0.2) is 8.78 Å². The maximum absolute atomic E-state index is 13.2. The largest absolute Gasteiger partial charge is 0.310 e. The molecule has 0 atom stereocenters. The molecule has 0 unspecified atom stereocenters. The molecule has 0 aromatic heterocycles. The summed E-state index contributed by atoms with van der Waals surface area (Å²) in [6.07, 6.45) is 5.50. The molecule has 0 saturated heterocycles. The minimum atomic E-state index is -0.772. The van der Waals surface area contributed by atoms with E-state index in [-0.39, 0.29) is 17.9 Å². The Morgan fingerprint density at radius 2 is 1.71 bits per heavy atom. The molecule has 1 aliphatic carbocycles. The number of hydrogen-bond donors (Lipinski definition) is 1. The lowest BCUT2D eigenvalue weighted by Gasteiger charge is -2.37. The Balaban J connectivity index is 0.00000144. The molecule has 1 nitrogen and oxygen atoms in total. The molecule has 1 aromatic carbocycles. The van der Waals surface area contributed by atoms with Crippen LogP contribution in [0.5, 0.6) is 0 Å². The van der Waals surface area contributed by atoms with E-state index in [0.717, 1.165) is 31.2 Å². The average molecular weight is 262 g/mol. The van der Waals surface area contributed by atoms with Crippen LogP contribution in [0, 0.1) is 11.6 Å². The predicted molar refractivity (Wildman–Crippen MR) is 67.4 cm³/mol. The van der Waals surface area contributed by atoms with Gasteiger partial charge in [0.05, 0.1) is 0 Å². The van der Waals surface area contributed by atoms with Gasteiger partial charge >= 0.3 is 0 Å². The average Bonchev–Trinajstić information content (AvgIpc) is 2.33. The van der Waals surface area contributed by atoms with Gasteiger partial charge in [-0.1, -0.05) is 25.3 Å². The highest BCUT2D eigenvalue weighted by molar-refractivity contribution is 5.85. The lowest BCUT2D eigenvalue weighted by atomic mass is 9.77. The quantitative estimate of drug-likeness (QED) is 0.855. The molecule has 0 aliphatic heterocycles. The van der Waals surface area contributed by atoms with Gasteiger partial charge in [0.25, 0.3) is 0 Å². The van der Waals surface area contributed by atoms with Crippen LogP contribution < -0.4 is 5.32 Å². The van der Waals surface area contributed by atoms with Crippen molar-refractivity contribution in [3.8, 4) is 0 Å². The van der Waals surface area contributed by atoms with Crippen molar-refractivity contribution in [3.05, 3.63) is 35.4 Å². The third-order valence-corrected chi connectivity index (χ3v) is 3.66. The number of hydrogen-bond acceptors (Lipinski definition) is 1. The Morgan fingerprint density at radius 1 is 1.06 bits per heavy atom. The molecule has 0 amide bonds. The first-order valence-electron chi connectivity index (χ1n) is 5.82. The van der Waals surface area contributed by atoms with Crippen LogP contribution in [-0.4, -0.2) is 7.05 Å². The van der Waals surface area contributed by atoms with Gasteiger partial charge in [-0.2, -0.15) is 0 Å². The molecule has 0 bridgehead atoms. The van der Waals surface area contributed by atoms with Crippen LogP contribution in [0.25, 0.3) is 0 Å². The van der Waals surface area contributed by atoms with E-state index in [1.165, 1.54) is 18.6 Å². The Bertz CT molecular complexity index is 376. The molecule has 2 rings (SSSR count). The van der Waals surface area contributed by atoms with Crippen molar-refractivity contribution in [2.45, 2.75) is 37.6 Å². The smallest absolute Gasteiger partial charge is 0.159 e. The summed E-state index contributed by atoms with van der Waals surface area (Å²) in [5.74, 6) is -1.52. The maximum atomic E-state index is 13.2. The van der Waals surface area contributed by atoms with E-state index in [1.807, 2.05) is 7.05 Å². The topological polar surface area (TPSA) is 12.0 Å². The zero-order valence-electron chi connectivity index (χ0n) is 9.93. The fourth-order valence-electron chi connectivity index (χ4n) is 2.63. The highest BCUT2D eigenvalue weighted by Gasteiger charge is 2.32. The summed E-state index contributed by atoms with van der Waals surface area (Å²) in [6.45, 7) is 0. The second-order valence-electron chi connectivity index (χ2n) is 4.52. The maximum Gasteiger partial charge on any atom is 0.159 e. The molecule has 1 saturated carbocycles. The first-order valence-corrected chi connectivity index (χ1v) is 5.82. The first-order chi connectivity index (χ1) is 7.68. The van der Waals surface area contributed by atoms with E-state index in [4.69, 9.17) is 0 Å². The van der Waals surface area contributed by atoms with Crippen molar-refractivity contribution >= 4 is 12.4 Å². The van der Waals surface area contributed by atoms with E-state index in [9.17, 15) is 8.78 Å². The molecular formula is C13H18ClF2N. The Morgan fingerprint density at radius 3 is 2.24 bits per heavy atom. The molecule has 1 N–H and O–H groups in total. The number of nitrogens with one attached hydrogen (secondary N) is 1. The number of rotatable bonds is 2. The van der Waals surface area contributed by atoms with Gasteiger partial charge in [0.15, 0.2) is 11.6 Å². The van der Waals surface area contributed by atoms with Gasteiger partial charge in [-0.15, -0.1) is 12.4 Å². The highest BCUT2D eigenvalue weighted by atomic mass is 35.5. The third-order valence-electron chi connectivity index (χ3n) is 3.66. The van der Waals surface area contributed by atoms with Crippen LogP contribution in [0.1, 0.15) is 37.7 Å². The van der Waals surface area contributed by atoms with Crippen molar-refractivity contribution in [2.75, 3.05) is 7.05 Å².